The van der Waals surface area contributed by atoms with Crippen molar-refractivity contribution in [2.75, 3.05) is 5.32 Å². The van der Waals surface area contributed by atoms with Crippen LogP contribution in [0.4, 0.5) is 18.9 Å². The highest BCUT2D eigenvalue weighted by Crippen LogP contribution is 2.34. The fourth-order valence-corrected chi connectivity index (χ4v) is 5.93. The van der Waals surface area contributed by atoms with Gasteiger partial charge in [0.2, 0.25) is 0 Å². The van der Waals surface area contributed by atoms with Crippen molar-refractivity contribution >= 4 is 39.0 Å². The summed E-state index contributed by atoms with van der Waals surface area (Å²) >= 11 is 6.12. The molecule has 0 bridgehead atoms. The molecular formula is C22H21ClF3NO5S. The van der Waals surface area contributed by atoms with Crippen LogP contribution in [0.15, 0.2) is 35.2 Å². The van der Waals surface area contributed by atoms with Crippen molar-refractivity contribution in [2.24, 2.45) is 0 Å². The van der Waals surface area contributed by atoms with E-state index >= 15 is 0 Å². The van der Waals surface area contributed by atoms with Gasteiger partial charge in [-0.25, -0.2) is 21.6 Å². The van der Waals surface area contributed by atoms with E-state index in [4.69, 9.17) is 16.3 Å². The van der Waals surface area contributed by atoms with Crippen molar-refractivity contribution in [1.82, 2.24) is 0 Å². The van der Waals surface area contributed by atoms with Gasteiger partial charge in [0, 0.05) is 29.8 Å². The topological polar surface area (TPSA) is 89.5 Å². The van der Waals surface area contributed by atoms with E-state index in [0.717, 1.165) is 6.07 Å². The van der Waals surface area contributed by atoms with E-state index in [0.29, 0.717) is 25.0 Å². The Kier molecular flexibility index (Phi) is 7.69. The number of amides is 1. The molecule has 1 saturated carbocycles. The SMILES string of the molecule is CCC(=O)OC1CCC(S(=O)(=O)c2cc(C(=O)Nc3cc(F)c(F)c(F)c3)ccc2Cl)CC1. The van der Waals surface area contributed by atoms with Crippen molar-refractivity contribution in [3.63, 3.8) is 0 Å². The van der Waals surface area contributed by atoms with Crippen molar-refractivity contribution in [2.45, 2.75) is 55.3 Å². The van der Waals surface area contributed by atoms with E-state index in [-0.39, 0.29) is 52.5 Å². The second kappa shape index (κ2) is 10.1. The van der Waals surface area contributed by atoms with Crippen molar-refractivity contribution in [3.8, 4) is 0 Å². The van der Waals surface area contributed by atoms with Gasteiger partial charge in [-0.1, -0.05) is 18.5 Å². The minimum atomic E-state index is -3.92. The Bertz CT molecular complexity index is 1160. The summed E-state index contributed by atoms with van der Waals surface area (Å²) in [6, 6.07) is 4.80. The maximum atomic E-state index is 13.4. The fourth-order valence-electron chi connectivity index (χ4n) is 3.60. The lowest BCUT2D eigenvalue weighted by atomic mass is 9.97. The second-order valence-electron chi connectivity index (χ2n) is 7.64. The molecule has 1 amide bonds. The first-order chi connectivity index (χ1) is 15.5. The van der Waals surface area contributed by atoms with E-state index in [1.54, 1.807) is 6.92 Å². The third-order valence-corrected chi connectivity index (χ3v) is 8.13. The molecule has 6 nitrogen and oxygen atoms in total. The average Bonchev–Trinajstić information content (AvgIpc) is 2.77. The number of hydrogen-bond donors (Lipinski definition) is 1. The van der Waals surface area contributed by atoms with E-state index < -0.39 is 38.4 Å². The first-order valence-electron chi connectivity index (χ1n) is 10.2. The molecule has 0 radical (unpaired) electrons. The quantitative estimate of drug-likeness (QED) is 0.440. The Labute approximate surface area is 194 Å². The lowest BCUT2D eigenvalue weighted by Crippen LogP contribution is -2.31. The maximum Gasteiger partial charge on any atom is 0.305 e. The lowest BCUT2D eigenvalue weighted by Gasteiger charge is -2.28. The first-order valence-corrected chi connectivity index (χ1v) is 12.1. The number of esters is 1. The standard InChI is InChI=1S/C22H21ClF3NO5S/c1-2-20(28)32-14-4-6-15(7-5-14)33(30,31)19-9-12(3-8-16(19)23)22(29)27-13-10-17(24)21(26)18(25)11-13/h3,8-11,14-15H,2,4-7H2,1H3,(H,27,29). The van der Waals surface area contributed by atoms with Gasteiger partial charge in [0.1, 0.15) is 6.10 Å². The van der Waals surface area contributed by atoms with Gasteiger partial charge in [-0.05, 0) is 43.9 Å². The van der Waals surface area contributed by atoms with E-state index in [9.17, 15) is 31.2 Å². The average molecular weight is 504 g/mol. The molecule has 1 N–H and O–H groups in total. The molecule has 178 valence electrons. The zero-order chi connectivity index (χ0) is 24.3. The van der Waals surface area contributed by atoms with Gasteiger partial charge >= 0.3 is 5.97 Å². The van der Waals surface area contributed by atoms with Gasteiger partial charge in [-0.15, -0.1) is 0 Å². The molecule has 1 aliphatic rings. The van der Waals surface area contributed by atoms with Crippen LogP contribution in [-0.2, 0) is 19.4 Å². The molecule has 0 saturated heterocycles. The minimum absolute atomic E-state index is 0.0787. The van der Waals surface area contributed by atoms with E-state index in [1.165, 1.54) is 12.1 Å². The van der Waals surface area contributed by atoms with Crippen LogP contribution in [0.3, 0.4) is 0 Å². The summed E-state index contributed by atoms with van der Waals surface area (Å²) in [6.45, 7) is 1.67. The number of sulfone groups is 1. The molecule has 0 aliphatic heterocycles. The molecule has 2 aromatic rings. The summed E-state index contributed by atoms with van der Waals surface area (Å²) in [7, 11) is -3.92. The number of carbonyl (C=O) groups excluding carboxylic acids is 2. The molecule has 11 heteroatoms. The molecule has 2 aromatic carbocycles. The zero-order valence-corrected chi connectivity index (χ0v) is 19.1. The predicted octanol–water partition coefficient (Wildman–Crippen LogP) is 5.05. The number of halogens is 4. The number of carbonyl (C=O) groups is 2. The van der Waals surface area contributed by atoms with Crippen LogP contribution < -0.4 is 5.32 Å². The monoisotopic (exact) mass is 503 g/mol. The molecule has 3 rings (SSSR count). The molecule has 0 atom stereocenters. The van der Waals surface area contributed by atoms with Gasteiger partial charge in [0.15, 0.2) is 27.3 Å². The van der Waals surface area contributed by atoms with Gasteiger partial charge in [-0.2, -0.15) is 0 Å². The Balaban J connectivity index is 1.78. The first kappa shape index (κ1) is 25.0. The third-order valence-electron chi connectivity index (χ3n) is 5.39. The van der Waals surface area contributed by atoms with Crippen LogP contribution in [0.25, 0.3) is 0 Å². The van der Waals surface area contributed by atoms with Crippen LogP contribution in [0.1, 0.15) is 49.4 Å². The highest BCUT2D eigenvalue weighted by Gasteiger charge is 2.34. The molecular weight excluding hydrogens is 483 g/mol. The number of hydrogen-bond acceptors (Lipinski definition) is 5. The largest absolute Gasteiger partial charge is 0.462 e. The van der Waals surface area contributed by atoms with Crippen LogP contribution >= 0.6 is 11.6 Å². The van der Waals surface area contributed by atoms with Gasteiger partial charge in [0.05, 0.1) is 15.2 Å². The predicted molar refractivity (Wildman–Crippen MR) is 115 cm³/mol. The molecule has 0 aromatic heterocycles. The number of anilines is 1. The number of ether oxygens (including phenoxy) is 1. The highest BCUT2D eigenvalue weighted by molar-refractivity contribution is 7.92. The van der Waals surface area contributed by atoms with Crippen LogP contribution in [0, 0.1) is 17.5 Å². The molecule has 0 heterocycles. The Morgan fingerprint density at radius 3 is 2.24 bits per heavy atom. The summed E-state index contributed by atoms with van der Waals surface area (Å²) in [5, 5.41) is 1.35. The van der Waals surface area contributed by atoms with Crippen molar-refractivity contribution in [1.29, 1.82) is 0 Å². The smallest absolute Gasteiger partial charge is 0.305 e. The molecule has 1 aliphatic carbocycles. The fraction of sp³-hybridized carbons (Fsp3) is 0.364. The van der Waals surface area contributed by atoms with Gasteiger partial charge < -0.3 is 10.1 Å². The summed E-state index contributed by atoms with van der Waals surface area (Å²) < 4.78 is 71.6. The molecule has 0 spiro atoms. The normalized spacial score (nSPS) is 18.6. The van der Waals surface area contributed by atoms with Crippen molar-refractivity contribution in [3.05, 3.63) is 58.4 Å². The van der Waals surface area contributed by atoms with Gasteiger partial charge in [-0.3, -0.25) is 9.59 Å². The minimum Gasteiger partial charge on any atom is -0.462 e. The lowest BCUT2D eigenvalue weighted by molar-refractivity contribution is -0.150. The number of rotatable bonds is 6. The maximum absolute atomic E-state index is 13.4. The van der Waals surface area contributed by atoms with E-state index in [1.807, 2.05) is 0 Å². The Hall–Kier alpha value is -2.59. The highest BCUT2D eigenvalue weighted by atomic mass is 35.5. The summed E-state index contributed by atoms with van der Waals surface area (Å²) in [5.74, 6) is -5.84. The second-order valence-corrected chi connectivity index (χ2v) is 10.2. The van der Waals surface area contributed by atoms with Crippen LogP contribution in [0.2, 0.25) is 5.02 Å². The van der Waals surface area contributed by atoms with Crippen LogP contribution in [0.5, 0.6) is 0 Å². The number of benzene rings is 2. The third kappa shape index (κ3) is 5.67. The Morgan fingerprint density at radius 1 is 1.06 bits per heavy atom. The van der Waals surface area contributed by atoms with E-state index in [2.05, 4.69) is 5.32 Å². The van der Waals surface area contributed by atoms with Gasteiger partial charge in [0.25, 0.3) is 5.91 Å². The zero-order valence-electron chi connectivity index (χ0n) is 17.5. The Morgan fingerprint density at radius 2 is 1.67 bits per heavy atom. The molecule has 33 heavy (non-hydrogen) atoms. The number of nitrogens with one attached hydrogen (secondary N) is 1. The molecule has 0 unspecified atom stereocenters. The summed E-state index contributed by atoms with van der Waals surface area (Å²) in [5.41, 5.74) is -0.454. The van der Waals surface area contributed by atoms with Crippen molar-refractivity contribution < 1.29 is 35.9 Å². The molecule has 1 fully saturated rings. The van der Waals surface area contributed by atoms with Crippen LogP contribution in [-0.4, -0.2) is 31.6 Å². The summed E-state index contributed by atoms with van der Waals surface area (Å²) in [4.78, 5) is 23.7. The summed E-state index contributed by atoms with van der Waals surface area (Å²) in [6.07, 6.45) is 1.17.